The number of carboxylic acid groups (broad SMARTS) is 1. The van der Waals surface area contributed by atoms with Gasteiger partial charge in [-0.3, -0.25) is 4.99 Å². The lowest BCUT2D eigenvalue weighted by Crippen LogP contribution is -2.26. The van der Waals surface area contributed by atoms with Crippen molar-refractivity contribution in [2.24, 2.45) is 10.9 Å². The molecule has 1 aliphatic heterocycles. The molecule has 1 heterocycles. The topological polar surface area (TPSA) is 49.7 Å². The summed E-state index contributed by atoms with van der Waals surface area (Å²) in [7, 11) is 0. The summed E-state index contributed by atoms with van der Waals surface area (Å²) in [5.74, 6) is -0.819. The predicted molar refractivity (Wildman–Crippen MR) is 55.3 cm³/mol. The first-order chi connectivity index (χ1) is 6.07. The van der Waals surface area contributed by atoms with Crippen molar-refractivity contribution in [2.45, 2.75) is 25.1 Å². The van der Waals surface area contributed by atoms with Gasteiger partial charge in [-0.1, -0.05) is 22.9 Å². The van der Waals surface area contributed by atoms with E-state index in [2.05, 4.69) is 20.9 Å². The SMILES string of the molecule is CCC1C(C(=O)O)=C(C)N=CC1Br. The lowest BCUT2D eigenvalue weighted by molar-refractivity contribution is -0.133. The average molecular weight is 246 g/mol. The smallest absolute Gasteiger partial charge is 0.333 e. The Morgan fingerprint density at radius 2 is 2.38 bits per heavy atom. The van der Waals surface area contributed by atoms with E-state index in [1.165, 1.54) is 0 Å². The van der Waals surface area contributed by atoms with E-state index >= 15 is 0 Å². The van der Waals surface area contributed by atoms with E-state index < -0.39 is 5.97 Å². The van der Waals surface area contributed by atoms with E-state index in [1.807, 2.05) is 6.92 Å². The number of halogens is 1. The second-order valence-electron chi connectivity index (χ2n) is 3.04. The molecule has 0 aromatic heterocycles. The van der Waals surface area contributed by atoms with E-state index in [0.29, 0.717) is 11.3 Å². The van der Waals surface area contributed by atoms with Crippen molar-refractivity contribution >= 4 is 28.1 Å². The standard InChI is InChI=1S/C9H12BrNO2/c1-3-6-7(10)4-11-5(2)8(6)9(12)13/h4,6-7H,3H2,1-2H3,(H,12,13). The van der Waals surface area contributed by atoms with Gasteiger partial charge < -0.3 is 5.11 Å². The van der Waals surface area contributed by atoms with Gasteiger partial charge in [0.15, 0.2) is 0 Å². The van der Waals surface area contributed by atoms with Gasteiger partial charge in [0.2, 0.25) is 0 Å². The summed E-state index contributed by atoms with van der Waals surface area (Å²) in [5.41, 5.74) is 1.06. The van der Waals surface area contributed by atoms with Crippen molar-refractivity contribution in [3.8, 4) is 0 Å². The Morgan fingerprint density at radius 1 is 1.77 bits per heavy atom. The van der Waals surface area contributed by atoms with Gasteiger partial charge in [-0.05, 0) is 13.3 Å². The summed E-state index contributed by atoms with van der Waals surface area (Å²) in [6.45, 7) is 3.72. The van der Waals surface area contributed by atoms with Crippen LogP contribution >= 0.6 is 15.9 Å². The van der Waals surface area contributed by atoms with Crippen LogP contribution in [0, 0.1) is 5.92 Å². The van der Waals surface area contributed by atoms with Gasteiger partial charge >= 0.3 is 5.97 Å². The first-order valence-electron chi connectivity index (χ1n) is 4.20. The van der Waals surface area contributed by atoms with Crippen molar-refractivity contribution in [1.29, 1.82) is 0 Å². The minimum atomic E-state index is -0.856. The molecule has 3 nitrogen and oxygen atoms in total. The zero-order valence-corrected chi connectivity index (χ0v) is 9.21. The normalized spacial score (nSPS) is 27.9. The Hall–Kier alpha value is -0.640. The number of nitrogens with zero attached hydrogens (tertiary/aromatic N) is 1. The van der Waals surface area contributed by atoms with Crippen molar-refractivity contribution in [2.75, 3.05) is 0 Å². The zero-order chi connectivity index (χ0) is 10.0. The number of alkyl halides is 1. The molecule has 72 valence electrons. The van der Waals surface area contributed by atoms with Crippen LogP contribution < -0.4 is 0 Å². The second-order valence-corrected chi connectivity index (χ2v) is 4.10. The fourth-order valence-electron chi connectivity index (χ4n) is 1.53. The largest absolute Gasteiger partial charge is 0.478 e. The third-order valence-electron chi connectivity index (χ3n) is 2.23. The molecule has 2 atom stereocenters. The summed E-state index contributed by atoms with van der Waals surface area (Å²) in [4.78, 5) is 15.0. The van der Waals surface area contributed by atoms with Gasteiger partial charge in [-0.25, -0.2) is 4.79 Å². The maximum atomic E-state index is 10.9. The van der Waals surface area contributed by atoms with Crippen LogP contribution in [0.3, 0.4) is 0 Å². The highest BCUT2D eigenvalue weighted by atomic mass is 79.9. The lowest BCUT2D eigenvalue weighted by atomic mass is 9.90. The van der Waals surface area contributed by atoms with Gasteiger partial charge in [0.05, 0.1) is 10.4 Å². The predicted octanol–water partition coefficient (Wildman–Crippen LogP) is 2.22. The molecule has 0 aromatic carbocycles. The number of aliphatic carboxylic acids is 1. The number of allylic oxidation sites excluding steroid dienone is 1. The minimum Gasteiger partial charge on any atom is -0.478 e. The summed E-state index contributed by atoms with van der Waals surface area (Å²) in [6, 6.07) is 0. The Balaban J connectivity index is 3.07. The molecule has 1 aliphatic rings. The van der Waals surface area contributed by atoms with Gasteiger partial charge in [-0.2, -0.15) is 0 Å². The fraction of sp³-hybridized carbons (Fsp3) is 0.556. The Kier molecular flexibility index (Phi) is 3.25. The number of carbonyl (C=O) groups is 1. The summed E-state index contributed by atoms with van der Waals surface area (Å²) >= 11 is 3.40. The van der Waals surface area contributed by atoms with E-state index in [-0.39, 0.29) is 10.7 Å². The minimum absolute atomic E-state index is 0.0370. The van der Waals surface area contributed by atoms with Crippen LogP contribution in [0.4, 0.5) is 0 Å². The number of carboxylic acids is 1. The summed E-state index contributed by atoms with van der Waals surface area (Å²) in [6.07, 6.45) is 2.57. The molecule has 0 saturated carbocycles. The van der Waals surface area contributed by atoms with Crippen LogP contribution in [-0.4, -0.2) is 22.1 Å². The molecule has 13 heavy (non-hydrogen) atoms. The highest BCUT2D eigenvalue weighted by molar-refractivity contribution is 9.10. The maximum Gasteiger partial charge on any atom is 0.333 e. The number of hydrogen-bond acceptors (Lipinski definition) is 2. The monoisotopic (exact) mass is 245 g/mol. The molecule has 0 radical (unpaired) electrons. The number of hydrogen-bond donors (Lipinski definition) is 1. The molecule has 1 rings (SSSR count). The van der Waals surface area contributed by atoms with Gasteiger partial charge in [0, 0.05) is 17.8 Å². The van der Waals surface area contributed by atoms with Crippen molar-refractivity contribution in [1.82, 2.24) is 0 Å². The lowest BCUT2D eigenvalue weighted by Gasteiger charge is -2.23. The molecule has 2 unspecified atom stereocenters. The molecule has 0 amide bonds. The molecule has 0 fully saturated rings. The third-order valence-corrected chi connectivity index (χ3v) is 3.10. The molecule has 4 heteroatoms. The van der Waals surface area contributed by atoms with E-state index in [0.717, 1.165) is 6.42 Å². The van der Waals surface area contributed by atoms with Crippen LogP contribution in [0.1, 0.15) is 20.3 Å². The number of aliphatic imine (C=N–C) groups is 1. The molecular weight excluding hydrogens is 234 g/mol. The molecule has 0 spiro atoms. The van der Waals surface area contributed by atoms with Crippen LogP contribution in [0.25, 0.3) is 0 Å². The van der Waals surface area contributed by atoms with E-state index in [1.54, 1.807) is 13.1 Å². The van der Waals surface area contributed by atoms with Crippen molar-refractivity contribution in [3.05, 3.63) is 11.3 Å². The third kappa shape index (κ3) is 1.99. The molecule has 1 N–H and O–H groups in total. The maximum absolute atomic E-state index is 10.9. The van der Waals surface area contributed by atoms with Gasteiger partial charge in [0.25, 0.3) is 0 Å². The van der Waals surface area contributed by atoms with Crippen LogP contribution in [0.5, 0.6) is 0 Å². The fourth-order valence-corrected chi connectivity index (χ4v) is 2.28. The van der Waals surface area contributed by atoms with Crippen molar-refractivity contribution in [3.63, 3.8) is 0 Å². The second kappa shape index (κ2) is 4.05. The van der Waals surface area contributed by atoms with Crippen LogP contribution in [-0.2, 0) is 4.79 Å². The zero-order valence-electron chi connectivity index (χ0n) is 7.62. The Bertz CT molecular complexity index is 283. The first-order valence-corrected chi connectivity index (χ1v) is 5.11. The Morgan fingerprint density at radius 3 is 2.77 bits per heavy atom. The quantitative estimate of drug-likeness (QED) is 0.759. The highest BCUT2D eigenvalue weighted by Crippen LogP contribution is 2.30. The molecule has 0 saturated heterocycles. The highest BCUT2D eigenvalue weighted by Gasteiger charge is 2.29. The van der Waals surface area contributed by atoms with Crippen molar-refractivity contribution < 1.29 is 9.90 Å². The van der Waals surface area contributed by atoms with E-state index in [4.69, 9.17) is 5.11 Å². The number of rotatable bonds is 2. The molecular formula is C9H12BrNO2. The summed E-state index contributed by atoms with van der Waals surface area (Å²) in [5, 5.41) is 8.98. The molecule has 0 bridgehead atoms. The first kappa shape index (κ1) is 10.4. The van der Waals surface area contributed by atoms with Gasteiger partial charge in [-0.15, -0.1) is 0 Å². The van der Waals surface area contributed by atoms with Crippen LogP contribution in [0.15, 0.2) is 16.3 Å². The molecule has 0 aliphatic carbocycles. The summed E-state index contributed by atoms with van der Waals surface area (Å²) < 4.78 is 0. The van der Waals surface area contributed by atoms with Gasteiger partial charge in [0.1, 0.15) is 0 Å². The average Bonchev–Trinajstić information content (AvgIpc) is 2.07. The molecule has 0 aromatic rings. The van der Waals surface area contributed by atoms with Crippen LogP contribution in [0.2, 0.25) is 0 Å². The Labute approximate surface area is 85.7 Å². The van der Waals surface area contributed by atoms with E-state index in [9.17, 15) is 4.79 Å².